The molecule has 17 heavy (non-hydrogen) atoms. The fourth-order valence-corrected chi connectivity index (χ4v) is 2.34. The molecule has 0 aliphatic carbocycles. The van der Waals surface area contributed by atoms with Crippen LogP contribution in [0, 0.1) is 0 Å². The summed E-state index contributed by atoms with van der Waals surface area (Å²) in [6, 6.07) is 1.09. The Labute approximate surface area is 107 Å². The maximum atomic E-state index is 11.7. The highest BCUT2D eigenvalue weighted by atomic mass is 16.2. The lowest BCUT2D eigenvalue weighted by Crippen LogP contribution is -2.55. The fourth-order valence-electron chi connectivity index (χ4n) is 2.34. The first-order valence-corrected chi connectivity index (χ1v) is 7.09. The van der Waals surface area contributed by atoms with Gasteiger partial charge in [0.05, 0.1) is 0 Å². The van der Waals surface area contributed by atoms with E-state index in [0.29, 0.717) is 24.4 Å². The van der Waals surface area contributed by atoms with Gasteiger partial charge in [-0.15, -0.1) is 0 Å². The number of hydrogen-bond acceptors (Lipinski definition) is 2. The molecule has 3 nitrogen and oxygen atoms in total. The molecule has 1 amide bonds. The van der Waals surface area contributed by atoms with Crippen molar-refractivity contribution >= 4 is 5.91 Å². The molecule has 1 rings (SSSR count). The molecule has 1 fully saturated rings. The van der Waals surface area contributed by atoms with Gasteiger partial charge in [0.2, 0.25) is 5.91 Å². The molecule has 1 aliphatic heterocycles. The summed E-state index contributed by atoms with van der Waals surface area (Å²) >= 11 is 0. The minimum Gasteiger partial charge on any atom is -0.340 e. The second-order valence-electron chi connectivity index (χ2n) is 4.77. The molecule has 102 valence electrons. The summed E-state index contributed by atoms with van der Waals surface area (Å²) in [4.78, 5) is 16.2. The SMILES string of the molecule is CC.CCCC(=O)N1CCN(C(C)C)[C@H](C)C1. The number of carbonyl (C=O) groups is 1. The third kappa shape index (κ3) is 5.07. The van der Waals surface area contributed by atoms with Crippen molar-refractivity contribution in [3.8, 4) is 0 Å². The van der Waals surface area contributed by atoms with E-state index in [0.717, 1.165) is 26.1 Å². The van der Waals surface area contributed by atoms with Gasteiger partial charge in [-0.05, 0) is 27.2 Å². The Morgan fingerprint density at radius 3 is 2.29 bits per heavy atom. The fraction of sp³-hybridized carbons (Fsp3) is 0.929. The summed E-state index contributed by atoms with van der Waals surface area (Å²) in [6.45, 7) is 15.5. The molecule has 0 saturated carbocycles. The van der Waals surface area contributed by atoms with Gasteiger partial charge in [-0.2, -0.15) is 0 Å². The van der Waals surface area contributed by atoms with E-state index in [2.05, 4.69) is 32.6 Å². The van der Waals surface area contributed by atoms with Gasteiger partial charge < -0.3 is 4.90 Å². The standard InChI is InChI=1S/C12H24N2O.C2H6/c1-5-6-12(15)13-7-8-14(10(2)3)11(4)9-13;1-2/h10-11H,5-9H2,1-4H3;1-2H3/t11-;/m1./s1. The third-order valence-electron chi connectivity index (χ3n) is 3.16. The van der Waals surface area contributed by atoms with Crippen LogP contribution in [-0.2, 0) is 4.79 Å². The molecule has 0 aromatic heterocycles. The molecule has 0 radical (unpaired) electrons. The summed E-state index contributed by atoms with van der Waals surface area (Å²) < 4.78 is 0. The van der Waals surface area contributed by atoms with E-state index in [1.54, 1.807) is 0 Å². The molecule has 1 aliphatic rings. The Kier molecular flexibility index (Phi) is 8.23. The zero-order valence-electron chi connectivity index (χ0n) is 12.5. The highest BCUT2D eigenvalue weighted by Gasteiger charge is 2.27. The van der Waals surface area contributed by atoms with Gasteiger partial charge in [0, 0.05) is 38.1 Å². The Hall–Kier alpha value is -0.570. The van der Waals surface area contributed by atoms with E-state index >= 15 is 0 Å². The van der Waals surface area contributed by atoms with Crippen molar-refractivity contribution in [2.45, 2.75) is 66.5 Å². The van der Waals surface area contributed by atoms with Crippen molar-refractivity contribution in [2.24, 2.45) is 0 Å². The van der Waals surface area contributed by atoms with Gasteiger partial charge in [-0.3, -0.25) is 9.69 Å². The van der Waals surface area contributed by atoms with Gasteiger partial charge in [0.1, 0.15) is 0 Å². The van der Waals surface area contributed by atoms with Crippen LogP contribution in [-0.4, -0.2) is 47.4 Å². The van der Waals surface area contributed by atoms with Crippen LogP contribution >= 0.6 is 0 Å². The van der Waals surface area contributed by atoms with Gasteiger partial charge >= 0.3 is 0 Å². The van der Waals surface area contributed by atoms with Crippen LogP contribution in [0.4, 0.5) is 0 Å². The van der Waals surface area contributed by atoms with Crippen LogP contribution in [0.2, 0.25) is 0 Å². The largest absolute Gasteiger partial charge is 0.340 e. The van der Waals surface area contributed by atoms with Gasteiger partial charge in [-0.1, -0.05) is 20.8 Å². The highest BCUT2D eigenvalue weighted by Crippen LogP contribution is 2.13. The first-order valence-electron chi connectivity index (χ1n) is 7.09. The average molecular weight is 242 g/mol. The van der Waals surface area contributed by atoms with Crippen molar-refractivity contribution < 1.29 is 4.79 Å². The predicted molar refractivity (Wildman–Crippen MR) is 74.1 cm³/mol. The smallest absolute Gasteiger partial charge is 0.222 e. The number of carbonyl (C=O) groups excluding carboxylic acids is 1. The predicted octanol–water partition coefficient (Wildman–Crippen LogP) is 2.75. The number of piperazine rings is 1. The van der Waals surface area contributed by atoms with E-state index in [4.69, 9.17) is 0 Å². The van der Waals surface area contributed by atoms with Gasteiger partial charge in [-0.25, -0.2) is 0 Å². The monoisotopic (exact) mass is 242 g/mol. The lowest BCUT2D eigenvalue weighted by Gasteiger charge is -2.42. The van der Waals surface area contributed by atoms with Crippen LogP contribution in [0.3, 0.4) is 0 Å². The van der Waals surface area contributed by atoms with E-state index in [1.807, 2.05) is 18.7 Å². The lowest BCUT2D eigenvalue weighted by molar-refractivity contribution is -0.134. The second-order valence-corrected chi connectivity index (χ2v) is 4.77. The van der Waals surface area contributed by atoms with Crippen molar-refractivity contribution in [3.05, 3.63) is 0 Å². The van der Waals surface area contributed by atoms with Crippen molar-refractivity contribution in [3.63, 3.8) is 0 Å². The number of nitrogens with zero attached hydrogens (tertiary/aromatic N) is 2. The molecule has 0 N–H and O–H groups in total. The van der Waals surface area contributed by atoms with Crippen LogP contribution in [0.25, 0.3) is 0 Å². The van der Waals surface area contributed by atoms with Gasteiger partial charge in [0.15, 0.2) is 0 Å². The minimum atomic E-state index is 0.327. The Morgan fingerprint density at radius 1 is 1.29 bits per heavy atom. The molecule has 0 bridgehead atoms. The van der Waals surface area contributed by atoms with Crippen LogP contribution in [0.1, 0.15) is 54.4 Å². The number of amides is 1. The Bertz CT molecular complexity index is 216. The van der Waals surface area contributed by atoms with E-state index in [9.17, 15) is 4.79 Å². The molecule has 0 aromatic rings. The Balaban J connectivity index is 0.00000121. The van der Waals surface area contributed by atoms with Crippen LogP contribution in [0.5, 0.6) is 0 Å². The van der Waals surface area contributed by atoms with Crippen molar-refractivity contribution in [2.75, 3.05) is 19.6 Å². The van der Waals surface area contributed by atoms with E-state index in [1.165, 1.54) is 0 Å². The number of rotatable bonds is 3. The summed E-state index contributed by atoms with van der Waals surface area (Å²) in [6.07, 6.45) is 1.66. The molecule has 0 unspecified atom stereocenters. The van der Waals surface area contributed by atoms with E-state index in [-0.39, 0.29) is 0 Å². The van der Waals surface area contributed by atoms with Crippen molar-refractivity contribution in [1.82, 2.24) is 9.80 Å². The second kappa shape index (κ2) is 8.51. The molecule has 1 heterocycles. The first-order chi connectivity index (χ1) is 8.06. The summed E-state index contributed by atoms with van der Waals surface area (Å²) in [5.41, 5.74) is 0. The summed E-state index contributed by atoms with van der Waals surface area (Å²) in [5.74, 6) is 0.327. The zero-order valence-corrected chi connectivity index (χ0v) is 12.5. The molecule has 1 saturated heterocycles. The number of hydrogen-bond donors (Lipinski definition) is 0. The quantitative estimate of drug-likeness (QED) is 0.760. The van der Waals surface area contributed by atoms with Crippen LogP contribution in [0.15, 0.2) is 0 Å². The zero-order chi connectivity index (χ0) is 13.4. The normalized spacial score (nSPS) is 21.1. The summed E-state index contributed by atoms with van der Waals surface area (Å²) in [5, 5.41) is 0. The Morgan fingerprint density at radius 2 is 1.88 bits per heavy atom. The maximum Gasteiger partial charge on any atom is 0.222 e. The topological polar surface area (TPSA) is 23.6 Å². The van der Waals surface area contributed by atoms with Crippen molar-refractivity contribution in [1.29, 1.82) is 0 Å². The highest BCUT2D eigenvalue weighted by molar-refractivity contribution is 5.76. The first kappa shape index (κ1) is 16.4. The summed E-state index contributed by atoms with van der Waals surface area (Å²) in [7, 11) is 0. The molecule has 3 heteroatoms. The maximum absolute atomic E-state index is 11.7. The van der Waals surface area contributed by atoms with E-state index < -0.39 is 0 Å². The molecule has 1 atom stereocenters. The molecular formula is C14H30N2O. The van der Waals surface area contributed by atoms with Crippen LogP contribution < -0.4 is 0 Å². The minimum absolute atomic E-state index is 0.327. The molecule has 0 aromatic carbocycles. The molecule has 0 spiro atoms. The molecular weight excluding hydrogens is 212 g/mol. The average Bonchev–Trinajstić information content (AvgIpc) is 2.31. The van der Waals surface area contributed by atoms with Gasteiger partial charge in [0.25, 0.3) is 0 Å². The third-order valence-corrected chi connectivity index (χ3v) is 3.16. The lowest BCUT2D eigenvalue weighted by atomic mass is 10.1.